The molecule has 1 rings (SSSR count). The van der Waals surface area contributed by atoms with Crippen LogP contribution in [0.1, 0.15) is 47.0 Å². The first kappa shape index (κ1) is 14.8. The van der Waals surface area contributed by atoms with Crippen molar-refractivity contribution in [1.82, 2.24) is 0 Å². The Morgan fingerprint density at radius 1 is 1.44 bits per heavy atom. The molecule has 0 aromatic rings. The highest BCUT2D eigenvalue weighted by molar-refractivity contribution is 5.38. The second-order valence-electron chi connectivity index (χ2n) is 5.27. The lowest BCUT2D eigenvalue weighted by atomic mass is 10.0. The van der Waals surface area contributed by atoms with Crippen LogP contribution in [-0.4, -0.2) is 0 Å². The van der Waals surface area contributed by atoms with Gasteiger partial charge in [-0.1, -0.05) is 31.2 Å². The van der Waals surface area contributed by atoms with Crippen molar-refractivity contribution < 1.29 is 0 Å². The van der Waals surface area contributed by atoms with E-state index in [-0.39, 0.29) is 5.92 Å². The summed E-state index contributed by atoms with van der Waals surface area (Å²) in [6.07, 6.45) is 12.3. The van der Waals surface area contributed by atoms with E-state index in [1.165, 1.54) is 17.6 Å². The maximum absolute atomic E-state index is 8.88. The van der Waals surface area contributed by atoms with Gasteiger partial charge in [0.15, 0.2) is 0 Å². The first-order valence-electron chi connectivity index (χ1n) is 7.03. The normalized spacial score (nSPS) is 26.2. The molecular formula is C17H25N. The molecule has 1 nitrogen and oxygen atoms in total. The van der Waals surface area contributed by atoms with E-state index >= 15 is 0 Å². The van der Waals surface area contributed by atoms with Gasteiger partial charge in [-0.15, -0.1) is 0 Å². The summed E-state index contributed by atoms with van der Waals surface area (Å²) in [6.45, 7) is 8.46. The smallest absolute Gasteiger partial charge is 0.0655 e. The van der Waals surface area contributed by atoms with Crippen molar-refractivity contribution in [3.05, 3.63) is 35.5 Å². The molecule has 0 amide bonds. The standard InChI is InChI=1S/C17H25N/c1-5-7-15(8-6-2)13(3)9-10-16-11-17(16)14(4)12-18/h5,7-9,14,16-17H,6,10-11H2,1-4H3/b7-5-,13-9-,15-8-. The van der Waals surface area contributed by atoms with Crippen LogP contribution in [0.4, 0.5) is 0 Å². The number of nitrogens with zero attached hydrogens (tertiary/aromatic N) is 1. The van der Waals surface area contributed by atoms with E-state index in [9.17, 15) is 0 Å². The van der Waals surface area contributed by atoms with Gasteiger partial charge in [-0.05, 0) is 63.0 Å². The summed E-state index contributed by atoms with van der Waals surface area (Å²) >= 11 is 0. The highest BCUT2D eigenvalue weighted by atomic mass is 14.4. The summed E-state index contributed by atoms with van der Waals surface area (Å²) in [5, 5.41) is 8.88. The number of allylic oxidation sites excluding steroid dienone is 6. The summed E-state index contributed by atoms with van der Waals surface area (Å²) in [5.74, 6) is 1.60. The molecule has 1 aliphatic carbocycles. The predicted octanol–water partition coefficient (Wildman–Crippen LogP) is 5.03. The van der Waals surface area contributed by atoms with Crippen LogP contribution in [0.25, 0.3) is 0 Å². The molecule has 0 N–H and O–H groups in total. The highest BCUT2D eigenvalue weighted by Crippen LogP contribution is 2.46. The molecule has 1 saturated carbocycles. The molecule has 98 valence electrons. The minimum Gasteiger partial charge on any atom is -0.198 e. The summed E-state index contributed by atoms with van der Waals surface area (Å²) in [7, 11) is 0. The molecule has 0 aromatic carbocycles. The van der Waals surface area contributed by atoms with Gasteiger partial charge in [0, 0.05) is 5.92 Å². The van der Waals surface area contributed by atoms with Crippen LogP contribution in [0.2, 0.25) is 0 Å². The summed E-state index contributed by atoms with van der Waals surface area (Å²) in [6, 6.07) is 2.36. The Bertz CT molecular complexity index is 392. The van der Waals surface area contributed by atoms with Crippen molar-refractivity contribution in [1.29, 1.82) is 5.26 Å². The molecular weight excluding hydrogens is 218 g/mol. The lowest BCUT2D eigenvalue weighted by molar-refractivity contribution is 0.581. The Kier molecular flexibility index (Phi) is 5.92. The fraction of sp³-hybridized carbons (Fsp3) is 0.588. The molecule has 3 atom stereocenters. The Hall–Kier alpha value is -1.29. The van der Waals surface area contributed by atoms with Crippen LogP contribution in [0.3, 0.4) is 0 Å². The molecule has 0 bridgehead atoms. The topological polar surface area (TPSA) is 23.8 Å². The van der Waals surface area contributed by atoms with E-state index in [1.807, 2.05) is 6.92 Å². The average molecular weight is 243 g/mol. The Balaban J connectivity index is 2.53. The first-order chi connectivity index (χ1) is 8.63. The largest absolute Gasteiger partial charge is 0.198 e. The average Bonchev–Trinajstić information content (AvgIpc) is 3.14. The van der Waals surface area contributed by atoms with E-state index in [0.29, 0.717) is 5.92 Å². The fourth-order valence-corrected chi connectivity index (χ4v) is 2.46. The molecule has 0 aromatic heterocycles. The van der Waals surface area contributed by atoms with Gasteiger partial charge >= 0.3 is 0 Å². The molecule has 0 radical (unpaired) electrons. The molecule has 0 spiro atoms. The number of hydrogen-bond acceptors (Lipinski definition) is 1. The third kappa shape index (κ3) is 4.18. The summed E-state index contributed by atoms with van der Waals surface area (Å²) < 4.78 is 0. The first-order valence-corrected chi connectivity index (χ1v) is 7.03. The maximum atomic E-state index is 8.88. The highest BCUT2D eigenvalue weighted by Gasteiger charge is 2.39. The molecule has 1 fully saturated rings. The van der Waals surface area contributed by atoms with Crippen LogP contribution in [0, 0.1) is 29.1 Å². The third-order valence-electron chi connectivity index (χ3n) is 3.78. The van der Waals surface area contributed by atoms with Gasteiger partial charge in [0.1, 0.15) is 0 Å². The van der Waals surface area contributed by atoms with Gasteiger partial charge in [0.25, 0.3) is 0 Å². The number of rotatable bonds is 6. The Labute approximate surface area is 112 Å². The van der Waals surface area contributed by atoms with E-state index in [4.69, 9.17) is 5.26 Å². The maximum Gasteiger partial charge on any atom is 0.0655 e. The molecule has 0 heterocycles. The van der Waals surface area contributed by atoms with Crippen molar-refractivity contribution in [2.45, 2.75) is 47.0 Å². The molecule has 3 unspecified atom stereocenters. The minimum atomic E-state index is 0.227. The molecule has 0 saturated heterocycles. The van der Waals surface area contributed by atoms with Gasteiger partial charge < -0.3 is 0 Å². The van der Waals surface area contributed by atoms with Crippen LogP contribution in [0.5, 0.6) is 0 Å². The van der Waals surface area contributed by atoms with Gasteiger partial charge in [0.2, 0.25) is 0 Å². The quantitative estimate of drug-likeness (QED) is 0.600. The zero-order valence-corrected chi connectivity index (χ0v) is 12.1. The van der Waals surface area contributed by atoms with Crippen LogP contribution >= 0.6 is 0 Å². The molecule has 1 heteroatoms. The number of nitriles is 1. The van der Waals surface area contributed by atoms with Crippen molar-refractivity contribution in [2.75, 3.05) is 0 Å². The van der Waals surface area contributed by atoms with Crippen molar-refractivity contribution in [3.63, 3.8) is 0 Å². The van der Waals surface area contributed by atoms with E-state index < -0.39 is 0 Å². The fourth-order valence-electron chi connectivity index (χ4n) is 2.46. The third-order valence-corrected chi connectivity index (χ3v) is 3.78. The SMILES string of the molecule is C\C=C/C(=C/CC)C(/C)=C\CC1CC1C(C)C#N. The van der Waals surface area contributed by atoms with Gasteiger partial charge in [0.05, 0.1) is 6.07 Å². The van der Waals surface area contributed by atoms with Gasteiger partial charge in [-0.3, -0.25) is 0 Å². The van der Waals surface area contributed by atoms with E-state index in [0.717, 1.165) is 18.8 Å². The van der Waals surface area contributed by atoms with Crippen molar-refractivity contribution >= 4 is 0 Å². The van der Waals surface area contributed by atoms with Gasteiger partial charge in [-0.2, -0.15) is 5.26 Å². The Morgan fingerprint density at radius 2 is 2.17 bits per heavy atom. The predicted molar refractivity (Wildman–Crippen MR) is 77.9 cm³/mol. The van der Waals surface area contributed by atoms with E-state index in [1.54, 1.807) is 0 Å². The van der Waals surface area contributed by atoms with Gasteiger partial charge in [-0.25, -0.2) is 0 Å². The second kappa shape index (κ2) is 7.21. The summed E-state index contributed by atoms with van der Waals surface area (Å²) in [5.41, 5.74) is 2.70. The zero-order valence-electron chi connectivity index (χ0n) is 12.1. The van der Waals surface area contributed by atoms with Crippen molar-refractivity contribution in [2.24, 2.45) is 17.8 Å². The number of hydrogen-bond donors (Lipinski definition) is 0. The summed E-state index contributed by atoms with van der Waals surface area (Å²) in [4.78, 5) is 0. The van der Waals surface area contributed by atoms with E-state index in [2.05, 4.69) is 51.1 Å². The second-order valence-corrected chi connectivity index (χ2v) is 5.27. The lowest BCUT2D eigenvalue weighted by Gasteiger charge is -2.03. The van der Waals surface area contributed by atoms with Crippen LogP contribution in [0.15, 0.2) is 35.5 Å². The Morgan fingerprint density at radius 3 is 2.72 bits per heavy atom. The van der Waals surface area contributed by atoms with Crippen LogP contribution in [-0.2, 0) is 0 Å². The monoisotopic (exact) mass is 243 g/mol. The lowest BCUT2D eigenvalue weighted by Crippen LogP contribution is -1.94. The van der Waals surface area contributed by atoms with Crippen molar-refractivity contribution in [3.8, 4) is 6.07 Å². The molecule has 18 heavy (non-hydrogen) atoms. The molecule has 1 aliphatic rings. The van der Waals surface area contributed by atoms with Crippen LogP contribution < -0.4 is 0 Å². The minimum absolute atomic E-state index is 0.227. The zero-order chi connectivity index (χ0) is 13.5. The molecule has 0 aliphatic heterocycles.